The van der Waals surface area contributed by atoms with E-state index in [0.717, 1.165) is 58.5 Å². The minimum Gasteiger partial charge on any atom is -0.382 e. The van der Waals surface area contributed by atoms with Gasteiger partial charge < -0.3 is 15.0 Å². The molecule has 4 nitrogen and oxygen atoms in total. The third-order valence-electron chi connectivity index (χ3n) is 3.91. The molecule has 2 saturated heterocycles. The van der Waals surface area contributed by atoms with Crippen molar-refractivity contribution in [2.75, 3.05) is 32.8 Å². The van der Waals surface area contributed by atoms with Crippen LogP contribution in [0.3, 0.4) is 0 Å². The van der Waals surface area contributed by atoms with E-state index < -0.39 is 0 Å². The van der Waals surface area contributed by atoms with Gasteiger partial charge >= 0.3 is 0 Å². The molecule has 0 radical (unpaired) electrons. The fourth-order valence-corrected chi connectivity index (χ4v) is 3.02. The summed E-state index contributed by atoms with van der Waals surface area (Å²) < 4.78 is 5.35. The van der Waals surface area contributed by atoms with Gasteiger partial charge in [-0.2, -0.15) is 0 Å². The van der Waals surface area contributed by atoms with Gasteiger partial charge in [0.2, 0.25) is 5.91 Å². The van der Waals surface area contributed by atoms with E-state index in [2.05, 4.69) is 10.2 Å². The van der Waals surface area contributed by atoms with Gasteiger partial charge in [-0.05, 0) is 45.2 Å². The topological polar surface area (TPSA) is 41.6 Å². The quantitative estimate of drug-likeness (QED) is 0.729. The molecule has 98 valence electrons. The molecule has 0 aliphatic carbocycles. The summed E-state index contributed by atoms with van der Waals surface area (Å²) in [6.45, 7) is 6.56. The lowest BCUT2D eigenvalue weighted by atomic mass is 9.84. The van der Waals surface area contributed by atoms with E-state index in [-0.39, 0.29) is 0 Å². The number of nitrogens with one attached hydrogen (secondary N) is 1. The number of hydrogen-bond acceptors (Lipinski definition) is 3. The second-order valence-electron chi connectivity index (χ2n) is 5.00. The monoisotopic (exact) mass is 240 g/mol. The van der Waals surface area contributed by atoms with Crippen molar-refractivity contribution < 1.29 is 9.53 Å². The molecule has 2 aliphatic heterocycles. The van der Waals surface area contributed by atoms with Crippen molar-refractivity contribution in [2.45, 2.75) is 38.6 Å². The van der Waals surface area contributed by atoms with Crippen LogP contribution in [-0.4, -0.2) is 49.7 Å². The number of ether oxygens (including phenoxy) is 1. The molecular formula is C13H24N2O2. The van der Waals surface area contributed by atoms with Crippen molar-refractivity contribution in [3.63, 3.8) is 0 Å². The van der Waals surface area contributed by atoms with Crippen LogP contribution in [0.5, 0.6) is 0 Å². The number of amides is 1. The first kappa shape index (κ1) is 12.8. The van der Waals surface area contributed by atoms with Crippen LogP contribution in [0, 0.1) is 5.92 Å². The zero-order valence-corrected chi connectivity index (χ0v) is 10.8. The van der Waals surface area contributed by atoms with E-state index >= 15 is 0 Å². The van der Waals surface area contributed by atoms with Crippen molar-refractivity contribution in [1.29, 1.82) is 0 Å². The van der Waals surface area contributed by atoms with E-state index in [1.807, 2.05) is 6.92 Å². The average molecular weight is 240 g/mol. The first-order valence-corrected chi connectivity index (χ1v) is 6.91. The molecule has 2 atom stereocenters. The maximum atomic E-state index is 12.0. The number of carbonyl (C=O) groups excluding carboxylic acids is 1. The SMILES string of the molecule is CCOCCCN1C(=O)CCC2CNCCC21. The van der Waals surface area contributed by atoms with E-state index in [1.54, 1.807) is 0 Å². The molecule has 0 saturated carbocycles. The molecule has 2 rings (SSSR count). The Bertz CT molecular complexity index is 258. The Morgan fingerprint density at radius 2 is 2.35 bits per heavy atom. The number of hydrogen-bond donors (Lipinski definition) is 1. The highest BCUT2D eigenvalue weighted by Crippen LogP contribution is 2.28. The van der Waals surface area contributed by atoms with Crippen molar-refractivity contribution in [2.24, 2.45) is 5.92 Å². The molecule has 2 unspecified atom stereocenters. The Morgan fingerprint density at radius 3 is 3.18 bits per heavy atom. The zero-order chi connectivity index (χ0) is 12.1. The van der Waals surface area contributed by atoms with Gasteiger partial charge in [-0.15, -0.1) is 0 Å². The third kappa shape index (κ3) is 3.19. The number of rotatable bonds is 5. The van der Waals surface area contributed by atoms with Gasteiger partial charge in [0, 0.05) is 32.2 Å². The molecule has 0 aromatic heterocycles. The van der Waals surface area contributed by atoms with Gasteiger partial charge in [0.25, 0.3) is 0 Å². The first-order chi connectivity index (χ1) is 8.33. The summed E-state index contributed by atoms with van der Waals surface area (Å²) in [7, 11) is 0. The van der Waals surface area contributed by atoms with Gasteiger partial charge in [-0.3, -0.25) is 4.79 Å². The van der Waals surface area contributed by atoms with E-state index in [4.69, 9.17) is 4.74 Å². The number of carbonyl (C=O) groups is 1. The summed E-state index contributed by atoms with van der Waals surface area (Å²) in [4.78, 5) is 14.1. The molecule has 17 heavy (non-hydrogen) atoms. The predicted molar refractivity (Wildman–Crippen MR) is 66.8 cm³/mol. The summed E-state index contributed by atoms with van der Waals surface area (Å²) in [6, 6.07) is 0.485. The molecule has 0 aromatic rings. The van der Waals surface area contributed by atoms with Crippen LogP contribution in [0.4, 0.5) is 0 Å². The number of fused-ring (bicyclic) bond motifs is 1. The van der Waals surface area contributed by atoms with Crippen molar-refractivity contribution in [1.82, 2.24) is 10.2 Å². The van der Waals surface area contributed by atoms with E-state index in [1.165, 1.54) is 0 Å². The lowest BCUT2D eigenvalue weighted by Gasteiger charge is -2.44. The van der Waals surface area contributed by atoms with Crippen LogP contribution in [0.1, 0.15) is 32.6 Å². The molecule has 2 aliphatic rings. The Kier molecular flexibility index (Phi) is 4.80. The van der Waals surface area contributed by atoms with E-state index in [0.29, 0.717) is 17.9 Å². The minimum atomic E-state index is 0.352. The third-order valence-corrected chi connectivity index (χ3v) is 3.91. The molecule has 0 aromatic carbocycles. The van der Waals surface area contributed by atoms with Gasteiger partial charge in [-0.25, -0.2) is 0 Å². The summed E-state index contributed by atoms with van der Waals surface area (Å²) in [6.07, 6.45) is 3.89. The van der Waals surface area contributed by atoms with Gasteiger partial charge in [0.1, 0.15) is 0 Å². The summed E-state index contributed by atoms with van der Waals surface area (Å²) in [5.41, 5.74) is 0. The lowest BCUT2D eigenvalue weighted by molar-refractivity contribution is -0.139. The maximum absolute atomic E-state index is 12.0. The summed E-state index contributed by atoms with van der Waals surface area (Å²) >= 11 is 0. The van der Waals surface area contributed by atoms with Crippen molar-refractivity contribution >= 4 is 5.91 Å². The zero-order valence-electron chi connectivity index (χ0n) is 10.8. The van der Waals surface area contributed by atoms with Gasteiger partial charge in [0.15, 0.2) is 0 Å². The highest BCUT2D eigenvalue weighted by molar-refractivity contribution is 5.77. The number of piperidine rings is 2. The average Bonchev–Trinajstić information content (AvgIpc) is 2.37. The van der Waals surface area contributed by atoms with Crippen molar-refractivity contribution in [3.8, 4) is 0 Å². The normalized spacial score (nSPS) is 29.2. The lowest BCUT2D eigenvalue weighted by Crippen LogP contribution is -2.55. The molecule has 2 fully saturated rings. The Morgan fingerprint density at radius 1 is 1.47 bits per heavy atom. The molecule has 1 amide bonds. The second-order valence-corrected chi connectivity index (χ2v) is 5.00. The van der Waals surface area contributed by atoms with Gasteiger partial charge in [0.05, 0.1) is 0 Å². The van der Waals surface area contributed by atoms with Crippen molar-refractivity contribution in [3.05, 3.63) is 0 Å². The van der Waals surface area contributed by atoms with Crippen LogP contribution in [0.15, 0.2) is 0 Å². The van der Waals surface area contributed by atoms with Crippen LogP contribution in [0.2, 0.25) is 0 Å². The van der Waals surface area contributed by atoms with E-state index in [9.17, 15) is 4.79 Å². The molecule has 1 N–H and O–H groups in total. The fourth-order valence-electron chi connectivity index (χ4n) is 3.02. The number of likely N-dealkylation sites (tertiary alicyclic amines) is 1. The fraction of sp³-hybridized carbons (Fsp3) is 0.923. The Balaban J connectivity index is 1.85. The van der Waals surface area contributed by atoms with Crippen LogP contribution >= 0.6 is 0 Å². The largest absolute Gasteiger partial charge is 0.382 e. The summed E-state index contributed by atoms with van der Waals surface area (Å²) in [5.74, 6) is 1.03. The highest BCUT2D eigenvalue weighted by Gasteiger charge is 2.36. The molecule has 0 bridgehead atoms. The summed E-state index contributed by atoms with van der Waals surface area (Å²) in [5, 5.41) is 3.43. The van der Waals surface area contributed by atoms with Crippen LogP contribution < -0.4 is 5.32 Å². The Hall–Kier alpha value is -0.610. The second kappa shape index (κ2) is 6.36. The van der Waals surface area contributed by atoms with Crippen LogP contribution in [0.25, 0.3) is 0 Å². The number of nitrogens with zero attached hydrogens (tertiary/aromatic N) is 1. The molecule has 4 heteroatoms. The maximum Gasteiger partial charge on any atom is 0.222 e. The van der Waals surface area contributed by atoms with Gasteiger partial charge in [-0.1, -0.05) is 0 Å². The molecule has 2 heterocycles. The van der Waals surface area contributed by atoms with Crippen LogP contribution in [-0.2, 0) is 9.53 Å². The highest BCUT2D eigenvalue weighted by atomic mass is 16.5. The Labute approximate surface area is 104 Å². The minimum absolute atomic E-state index is 0.352. The first-order valence-electron chi connectivity index (χ1n) is 6.91. The molecule has 0 spiro atoms. The predicted octanol–water partition coefficient (Wildman–Crippen LogP) is 1.01. The molecular weight excluding hydrogens is 216 g/mol. The standard InChI is InChI=1S/C13H24N2O2/c1-2-17-9-3-8-15-12-6-7-14-10-11(12)4-5-13(15)16/h11-12,14H,2-10H2,1H3. The smallest absolute Gasteiger partial charge is 0.222 e.